The van der Waals surface area contributed by atoms with Crippen LogP contribution in [0.2, 0.25) is 5.02 Å². The van der Waals surface area contributed by atoms with Crippen LogP contribution in [0.15, 0.2) is 30.3 Å². The van der Waals surface area contributed by atoms with Crippen LogP contribution in [0, 0.1) is 6.92 Å². The highest BCUT2D eigenvalue weighted by atomic mass is 35.5. The Morgan fingerprint density at radius 3 is 2.68 bits per heavy atom. The lowest BCUT2D eigenvalue weighted by molar-refractivity contribution is 0.102. The summed E-state index contributed by atoms with van der Waals surface area (Å²) in [5, 5.41) is 10.8. The molecule has 0 aliphatic carbocycles. The minimum Gasteiger partial charge on any atom is -0.495 e. The van der Waals surface area contributed by atoms with Crippen LogP contribution in [0.5, 0.6) is 5.75 Å². The second-order valence-corrected chi connectivity index (χ2v) is 4.30. The second-order valence-electron chi connectivity index (χ2n) is 3.86. The molecule has 19 heavy (non-hydrogen) atoms. The van der Waals surface area contributed by atoms with Crippen LogP contribution >= 0.6 is 11.6 Å². The topological polar surface area (TPSA) is 64.1 Å². The number of hydrogen-bond donors (Lipinski definition) is 1. The number of methoxy groups -OCH3 is 1. The summed E-state index contributed by atoms with van der Waals surface area (Å²) in [6, 6.07) is 8.30. The SMILES string of the molecule is COc1ccc(Cl)cc1NC(=O)c1ccc(C)nn1. The van der Waals surface area contributed by atoms with Crippen LogP contribution in [-0.2, 0) is 0 Å². The first-order valence-electron chi connectivity index (χ1n) is 5.55. The third-order valence-electron chi connectivity index (χ3n) is 2.44. The summed E-state index contributed by atoms with van der Waals surface area (Å²) >= 11 is 5.89. The first kappa shape index (κ1) is 13.3. The maximum Gasteiger partial charge on any atom is 0.276 e. The van der Waals surface area contributed by atoms with E-state index in [0.717, 1.165) is 5.69 Å². The Balaban J connectivity index is 2.23. The zero-order chi connectivity index (χ0) is 13.8. The Hall–Kier alpha value is -2.14. The number of benzene rings is 1. The van der Waals surface area contributed by atoms with Crippen molar-refractivity contribution in [3.05, 3.63) is 46.7 Å². The smallest absolute Gasteiger partial charge is 0.276 e. The van der Waals surface area contributed by atoms with E-state index >= 15 is 0 Å². The molecule has 2 aromatic rings. The van der Waals surface area contributed by atoms with Crippen LogP contribution < -0.4 is 10.1 Å². The molecule has 0 spiro atoms. The quantitative estimate of drug-likeness (QED) is 0.937. The number of aryl methyl sites for hydroxylation is 1. The van der Waals surface area contributed by atoms with Crippen molar-refractivity contribution in [1.82, 2.24) is 10.2 Å². The second kappa shape index (κ2) is 5.67. The van der Waals surface area contributed by atoms with Gasteiger partial charge in [-0.2, -0.15) is 5.10 Å². The van der Waals surface area contributed by atoms with Gasteiger partial charge in [-0.15, -0.1) is 5.10 Å². The minimum absolute atomic E-state index is 0.229. The molecule has 0 atom stereocenters. The fraction of sp³-hybridized carbons (Fsp3) is 0.154. The Morgan fingerprint density at radius 1 is 1.26 bits per heavy atom. The molecule has 0 aliphatic heterocycles. The van der Waals surface area contributed by atoms with Crippen molar-refractivity contribution in [3.63, 3.8) is 0 Å². The van der Waals surface area contributed by atoms with Gasteiger partial charge in [0.15, 0.2) is 5.69 Å². The molecule has 1 heterocycles. The Bertz CT molecular complexity index is 599. The fourth-order valence-corrected chi connectivity index (χ4v) is 1.66. The summed E-state index contributed by atoms with van der Waals surface area (Å²) in [7, 11) is 1.52. The van der Waals surface area contributed by atoms with E-state index < -0.39 is 0 Å². The molecule has 0 unspecified atom stereocenters. The molecule has 1 amide bonds. The molecule has 0 bridgehead atoms. The fourth-order valence-electron chi connectivity index (χ4n) is 1.48. The number of nitrogens with one attached hydrogen (secondary N) is 1. The van der Waals surface area contributed by atoms with Crippen LogP contribution in [0.25, 0.3) is 0 Å². The lowest BCUT2D eigenvalue weighted by Crippen LogP contribution is -2.15. The van der Waals surface area contributed by atoms with Crippen molar-refractivity contribution in [2.24, 2.45) is 0 Å². The summed E-state index contributed by atoms with van der Waals surface area (Å²) in [6.45, 7) is 1.80. The summed E-state index contributed by atoms with van der Waals surface area (Å²) in [4.78, 5) is 12.0. The maximum absolute atomic E-state index is 12.0. The van der Waals surface area contributed by atoms with E-state index in [0.29, 0.717) is 16.5 Å². The largest absolute Gasteiger partial charge is 0.495 e. The molecule has 1 aromatic heterocycles. The van der Waals surface area contributed by atoms with E-state index in [2.05, 4.69) is 15.5 Å². The number of carbonyl (C=O) groups excluding carboxylic acids is 1. The van der Waals surface area contributed by atoms with Crippen LogP contribution in [-0.4, -0.2) is 23.2 Å². The number of nitrogens with zero attached hydrogens (tertiary/aromatic N) is 2. The zero-order valence-electron chi connectivity index (χ0n) is 10.5. The first-order valence-corrected chi connectivity index (χ1v) is 5.93. The van der Waals surface area contributed by atoms with Gasteiger partial charge in [0.2, 0.25) is 0 Å². The minimum atomic E-state index is -0.368. The lowest BCUT2D eigenvalue weighted by Gasteiger charge is -2.09. The van der Waals surface area contributed by atoms with Crippen molar-refractivity contribution in [2.75, 3.05) is 12.4 Å². The summed E-state index contributed by atoms with van der Waals surface area (Å²) < 4.78 is 5.15. The van der Waals surface area contributed by atoms with E-state index in [-0.39, 0.29) is 11.6 Å². The third-order valence-corrected chi connectivity index (χ3v) is 2.68. The number of amides is 1. The van der Waals surface area contributed by atoms with Gasteiger partial charge < -0.3 is 10.1 Å². The van der Waals surface area contributed by atoms with E-state index in [4.69, 9.17) is 16.3 Å². The van der Waals surface area contributed by atoms with Crippen molar-refractivity contribution >= 4 is 23.2 Å². The normalized spacial score (nSPS) is 10.1. The van der Waals surface area contributed by atoms with Gasteiger partial charge in [-0.1, -0.05) is 11.6 Å². The number of carbonyl (C=O) groups is 1. The van der Waals surface area contributed by atoms with Crippen LogP contribution in [0.4, 0.5) is 5.69 Å². The molecule has 0 fully saturated rings. The average Bonchev–Trinajstić information content (AvgIpc) is 2.39. The van der Waals surface area contributed by atoms with Gasteiger partial charge in [-0.25, -0.2) is 0 Å². The molecule has 6 heteroatoms. The monoisotopic (exact) mass is 277 g/mol. The maximum atomic E-state index is 12.0. The molecular weight excluding hydrogens is 266 g/mol. The van der Waals surface area contributed by atoms with Gasteiger partial charge >= 0.3 is 0 Å². The standard InChI is InChI=1S/C13H12ClN3O2/c1-8-3-5-10(17-16-8)13(18)15-11-7-9(14)4-6-12(11)19-2/h3-7H,1-2H3,(H,15,18). The molecule has 1 N–H and O–H groups in total. The van der Waals surface area contributed by atoms with E-state index in [1.807, 2.05) is 0 Å². The van der Waals surface area contributed by atoms with E-state index in [1.165, 1.54) is 7.11 Å². The van der Waals surface area contributed by atoms with Gasteiger partial charge in [0.05, 0.1) is 18.5 Å². The van der Waals surface area contributed by atoms with Gasteiger partial charge in [0.25, 0.3) is 5.91 Å². The highest BCUT2D eigenvalue weighted by molar-refractivity contribution is 6.31. The summed E-state index contributed by atoms with van der Waals surface area (Å²) in [6.07, 6.45) is 0. The van der Waals surface area contributed by atoms with Gasteiger partial charge in [-0.05, 0) is 37.3 Å². The first-order chi connectivity index (χ1) is 9.10. The average molecular weight is 278 g/mol. The zero-order valence-corrected chi connectivity index (χ0v) is 11.2. The van der Waals surface area contributed by atoms with Gasteiger partial charge in [0.1, 0.15) is 5.75 Å². The van der Waals surface area contributed by atoms with Crippen molar-refractivity contribution in [2.45, 2.75) is 6.92 Å². The molecule has 1 aromatic carbocycles. The number of rotatable bonds is 3. The van der Waals surface area contributed by atoms with Gasteiger partial charge in [-0.3, -0.25) is 4.79 Å². The molecule has 0 saturated heterocycles. The van der Waals surface area contributed by atoms with Crippen LogP contribution in [0.1, 0.15) is 16.2 Å². The highest BCUT2D eigenvalue weighted by Gasteiger charge is 2.11. The predicted molar refractivity (Wildman–Crippen MR) is 72.7 cm³/mol. The van der Waals surface area contributed by atoms with Gasteiger partial charge in [0, 0.05) is 5.02 Å². The Morgan fingerprint density at radius 2 is 2.05 bits per heavy atom. The van der Waals surface area contributed by atoms with Crippen molar-refractivity contribution in [1.29, 1.82) is 0 Å². The molecule has 98 valence electrons. The molecular formula is C13H12ClN3O2. The Labute approximate surface area is 115 Å². The lowest BCUT2D eigenvalue weighted by atomic mass is 10.2. The molecule has 2 rings (SSSR count). The Kier molecular flexibility index (Phi) is 3.97. The number of hydrogen-bond acceptors (Lipinski definition) is 4. The summed E-state index contributed by atoms with van der Waals surface area (Å²) in [5.41, 5.74) is 1.46. The van der Waals surface area contributed by atoms with E-state index in [9.17, 15) is 4.79 Å². The predicted octanol–water partition coefficient (Wildman–Crippen LogP) is 2.70. The number of halogens is 1. The third kappa shape index (κ3) is 3.20. The molecule has 5 nitrogen and oxygen atoms in total. The molecule has 0 saturated carbocycles. The number of anilines is 1. The summed E-state index contributed by atoms with van der Waals surface area (Å²) in [5.74, 6) is 0.158. The molecule has 0 radical (unpaired) electrons. The molecule has 0 aliphatic rings. The van der Waals surface area contributed by atoms with Crippen molar-refractivity contribution in [3.8, 4) is 5.75 Å². The highest BCUT2D eigenvalue weighted by Crippen LogP contribution is 2.27. The van der Waals surface area contributed by atoms with Crippen molar-refractivity contribution < 1.29 is 9.53 Å². The number of ether oxygens (including phenoxy) is 1. The van der Waals surface area contributed by atoms with Crippen LogP contribution in [0.3, 0.4) is 0 Å². The number of aromatic nitrogens is 2. The van der Waals surface area contributed by atoms with E-state index in [1.54, 1.807) is 37.3 Å².